The van der Waals surface area contributed by atoms with E-state index in [1.54, 1.807) is 0 Å². The summed E-state index contributed by atoms with van der Waals surface area (Å²) < 4.78 is 10.9. The van der Waals surface area contributed by atoms with Crippen molar-refractivity contribution in [2.75, 3.05) is 13.2 Å². The van der Waals surface area contributed by atoms with Crippen molar-refractivity contribution in [3.8, 4) is 11.1 Å². The molecule has 0 saturated carbocycles. The standard InChI is InChI=1S/C22H25NO5/c1-22(2,3)28-13-19(20(24)25)23-21(26)27-12-18-16-10-6-4-8-14(16)15-9-5-7-11-17(15)18/h4-11,18-19H,12-13H2,1-3H3,(H,23,26)(H,24,25)/t19-/m0/s1/i13+1. The van der Waals surface area contributed by atoms with Crippen LogP contribution in [-0.4, -0.2) is 42.0 Å². The number of ether oxygens (including phenoxy) is 2. The number of rotatable bonds is 6. The molecular weight excluding hydrogens is 359 g/mol. The smallest absolute Gasteiger partial charge is 0.407 e. The van der Waals surface area contributed by atoms with Gasteiger partial charge in [0.25, 0.3) is 0 Å². The summed E-state index contributed by atoms with van der Waals surface area (Å²) in [6, 6.07) is 14.9. The number of nitrogens with one attached hydrogen (secondary N) is 1. The number of hydrogen-bond acceptors (Lipinski definition) is 4. The van der Waals surface area contributed by atoms with Crippen LogP contribution in [0.1, 0.15) is 37.8 Å². The first-order valence-electron chi connectivity index (χ1n) is 9.24. The van der Waals surface area contributed by atoms with Crippen molar-refractivity contribution in [1.82, 2.24) is 5.32 Å². The van der Waals surface area contributed by atoms with Gasteiger partial charge >= 0.3 is 12.1 Å². The largest absolute Gasteiger partial charge is 0.480 e. The van der Waals surface area contributed by atoms with Crippen LogP contribution in [0.15, 0.2) is 48.5 Å². The number of aliphatic carboxylic acids is 1. The molecule has 6 nitrogen and oxygen atoms in total. The van der Waals surface area contributed by atoms with E-state index in [0.29, 0.717) is 0 Å². The van der Waals surface area contributed by atoms with Crippen LogP contribution in [0.5, 0.6) is 0 Å². The van der Waals surface area contributed by atoms with E-state index in [0.717, 1.165) is 22.3 Å². The van der Waals surface area contributed by atoms with E-state index in [4.69, 9.17) is 9.47 Å². The Labute approximate surface area is 164 Å². The number of carbonyl (C=O) groups excluding carboxylic acids is 1. The molecule has 0 unspecified atom stereocenters. The number of fused-ring (bicyclic) bond motifs is 3. The highest BCUT2D eigenvalue weighted by Gasteiger charge is 2.30. The minimum absolute atomic E-state index is 0.0766. The van der Waals surface area contributed by atoms with Crippen LogP contribution in [0, 0.1) is 0 Å². The Morgan fingerprint density at radius 3 is 2.07 bits per heavy atom. The lowest BCUT2D eigenvalue weighted by atomic mass is 9.98. The number of hydrogen-bond donors (Lipinski definition) is 2. The predicted molar refractivity (Wildman–Crippen MR) is 105 cm³/mol. The van der Waals surface area contributed by atoms with Crippen molar-refractivity contribution < 1.29 is 24.2 Å². The van der Waals surface area contributed by atoms with Gasteiger partial charge in [0.05, 0.1) is 12.2 Å². The predicted octanol–water partition coefficient (Wildman–Crippen LogP) is 3.79. The lowest BCUT2D eigenvalue weighted by Gasteiger charge is -2.23. The lowest BCUT2D eigenvalue weighted by molar-refractivity contribution is -0.142. The molecule has 1 aliphatic rings. The molecule has 1 atom stereocenters. The molecular formula is C22H25NO5. The zero-order valence-electron chi connectivity index (χ0n) is 16.3. The van der Waals surface area contributed by atoms with Crippen LogP contribution >= 0.6 is 0 Å². The summed E-state index contributed by atoms with van der Waals surface area (Å²) in [4.78, 5) is 23.6. The molecule has 2 aromatic carbocycles. The van der Waals surface area contributed by atoms with E-state index in [1.807, 2.05) is 57.2 Å². The van der Waals surface area contributed by atoms with Crippen molar-refractivity contribution in [3.63, 3.8) is 0 Å². The van der Waals surface area contributed by atoms with Gasteiger partial charge in [-0.2, -0.15) is 0 Å². The Morgan fingerprint density at radius 2 is 1.57 bits per heavy atom. The molecule has 3 rings (SSSR count). The molecule has 0 aromatic heterocycles. The van der Waals surface area contributed by atoms with E-state index in [9.17, 15) is 14.7 Å². The summed E-state index contributed by atoms with van der Waals surface area (Å²) in [6.45, 7) is 5.45. The molecule has 0 bridgehead atoms. The highest BCUT2D eigenvalue weighted by Crippen LogP contribution is 2.44. The van der Waals surface area contributed by atoms with E-state index in [2.05, 4.69) is 17.4 Å². The topological polar surface area (TPSA) is 84.9 Å². The van der Waals surface area contributed by atoms with Gasteiger partial charge in [-0.05, 0) is 43.0 Å². The highest BCUT2D eigenvalue weighted by atomic mass is 16.6. The average Bonchev–Trinajstić information content (AvgIpc) is 2.96. The zero-order valence-corrected chi connectivity index (χ0v) is 16.3. The maximum atomic E-state index is 12.2. The zero-order chi connectivity index (χ0) is 20.3. The Balaban J connectivity index is 1.65. The van der Waals surface area contributed by atoms with E-state index in [1.165, 1.54) is 0 Å². The number of amides is 1. The summed E-state index contributed by atoms with van der Waals surface area (Å²) in [7, 11) is 0. The molecule has 2 N–H and O–H groups in total. The molecule has 6 heteroatoms. The van der Waals surface area contributed by atoms with Crippen molar-refractivity contribution in [1.29, 1.82) is 0 Å². The van der Waals surface area contributed by atoms with Crippen LogP contribution in [0.3, 0.4) is 0 Å². The molecule has 0 spiro atoms. The van der Waals surface area contributed by atoms with Crippen molar-refractivity contribution in [3.05, 3.63) is 59.7 Å². The Hall–Kier alpha value is -2.86. The van der Waals surface area contributed by atoms with Gasteiger partial charge < -0.3 is 19.9 Å². The third kappa shape index (κ3) is 4.51. The first-order chi connectivity index (χ1) is 13.3. The van der Waals surface area contributed by atoms with Gasteiger partial charge in [-0.25, -0.2) is 9.59 Å². The van der Waals surface area contributed by atoms with Gasteiger partial charge in [-0.1, -0.05) is 48.5 Å². The van der Waals surface area contributed by atoms with Crippen LogP contribution in [-0.2, 0) is 14.3 Å². The fourth-order valence-corrected chi connectivity index (χ4v) is 3.29. The summed E-state index contributed by atoms with van der Waals surface area (Å²) in [6.07, 6.45) is -0.772. The molecule has 1 aliphatic carbocycles. The number of alkyl carbamates (subject to hydrolysis) is 1. The fraction of sp³-hybridized carbons (Fsp3) is 0.364. The van der Waals surface area contributed by atoms with E-state index < -0.39 is 23.7 Å². The third-order valence-corrected chi connectivity index (χ3v) is 4.62. The summed E-state index contributed by atoms with van der Waals surface area (Å²) in [5.41, 5.74) is 3.96. The van der Waals surface area contributed by atoms with E-state index >= 15 is 0 Å². The molecule has 2 aromatic rings. The van der Waals surface area contributed by atoms with Crippen LogP contribution < -0.4 is 5.32 Å². The Morgan fingerprint density at radius 1 is 1.04 bits per heavy atom. The van der Waals surface area contributed by atoms with Gasteiger partial charge in [-0.3, -0.25) is 0 Å². The summed E-state index contributed by atoms with van der Waals surface area (Å²) >= 11 is 0. The third-order valence-electron chi connectivity index (χ3n) is 4.62. The minimum atomic E-state index is -1.17. The molecule has 0 radical (unpaired) electrons. The Bertz CT molecular complexity index is 826. The quantitative estimate of drug-likeness (QED) is 0.740. The van der Waals surface area contributed by atoms with Gasteiger partial charge in [0, 0.05) is 5.92 Å². The summed E-state index contributed by atoms with van der Waals surface area (Å²) in [5.74, 6) is -1.25. The van der Waals surface area contributed by atoms with Crippen molar-refractivity contribution in [2.45, 2.75) is 38.3 Å². The average molecular weight is 384 g/mol. The van der Waals surface area contributed by atoms with Crippen molar-refractivity contribution >= 4 is 12.1 Å². The fourth-order valence-electron chi connectivity index (χ4n) is 3.29. The normalized spacial score (nSPS) is 14.1. The number of carboxylic acid groups (broad SMARTS) is 1. The monoisotopic (exact) mass is 384 g/mol. The second-order valence-corrected chi connectivity index (χ2v) is 7.78. The molecule has 0 saturated heterocycles. The maximum absolute atomic E-state index is 12.2. The molecule has 0 aliphatic heterocycles. The molecule has 148 valence electrons. The first-order valence-corrected chi connectivity index (χ1v) is 9.24. The first kappa shape index (κ1) is 19.9. The van der Waals surface area contributed by atoms with Gasteiger partial charge in [0.2, 0.25) is 0 Å². The molecule has 28 heavy (non-hydrogen) atoms. The van der Waals surface area contributed by atoms with Gasteiger partial charge in [0.1, 0.15) is 6.61 Å². The number of carboxylic acids is 1. The Kier molecular flexibility index (Phi) is 5.70. The number of benzene rings is 2. The maximum Gasteiger partial charge on any atom is 0.407 e. The summed E-state index contributed by atoms with van der Waals surface area (Å²) in [5, 5.41) is 11.7. The van der Waals surface area contributed by atoms with Gasteiger partial charge in [-0.15, -0.1) is 0 Å². The molecule has 1 amide bonds. The molecule has 0 fully saturated rings. The highest BCUT2D eigenvalue weighted by molar-refractivity contribution is 5.81. The van der Waals surface area contributed by atoms with Crippen LogP contribution in [0.2, 0.25) is 0 Å². The second kappa shape index (κ2) is 8.02. The van der Waals surface area contributed by atoms with Crippen molar-refractivity contribution in [2.24, 2.45) is 0 Å². The lowest BCUT2D eigenvalue weighted by Crippen LogP contribution is -2.45. The van der Waals surface area contributed by atoms with Crippen LogP contribution in [0.25, 0.3) is 11.1 Å². The second-order valence-electron chi connectivity index (χ2n) is 7.78. The molecule has 0 heterocycles. The van der Waals surface area contributed by atoms with E-state index in [-0.39, 0.29) is 19.1 Å². The minimum Gasteiger partial charge on any atom is -0.480 e. The van der Waals surface area contributed by atoms with Gasteiger partial charge in [0.15, 0.2) is 6.04 Å². The van der Waals surface area contributed by atoms with Crippen LogP contribution in [0.4, 0.5) is 4.79 Å². The SMILES string of the molecule is CC(C)(C)O[13CH2][C@H](NC(=O)OCC1c2ccccc2-c2ccccc21)C(=O)O. The number of carbonyl (C=O) groups is 2.